The maximum atomic E-state index is 13.6. The van der Waals surface area contributed by atoms with Crippen LogP contribution in [0.15, 0.2) is 54.7 Å². The van der Waals surface area contributed by atoms with Gasteiger partial charge in [-0.25, -0.2) is 9.37 Å². The van der Waals surface area contributed by atoms with Gasteiger partial charge < -0.3 is 11.5 Å². The van der Waals surface area contributed by atoms with Crippen molar-refractivity contribution in [1.82, 2.24) is 4.98 Å². The quantitative estimate of drug-likeness (QED) is 0.530. The van der Waals surface area contributed by atoms with Crippen LogP contribution >= 0.6 is 0 Å². The molecule has 0 radical (unpaired) electrons. The van der Waals surface area contributed by atoms with E-state index >= 15 is 0 Å². The van der Waals surface area contributed by atoms with Gasteiger partial charge in [0.05, 0.1) is 11.1 Å². The Kier molecular flexibility index (Phi) is 4.32. The van der Waals surface area contributed by atoms with Crippen LogP contribution < -0.4 is 11.5 Å². The molecule has 1 heterocycles. The van der Waals surface area contributed by atoms with Gasteiger partial charge in [-0.15, -0.1) is 0 Å². The predicted octanol–water partition coefficient (Wildman–Crippen LogP) is 3.32. The third kappa shape index (κ3) is 3.41. The molecule has 0 saturated carbocycles. The Morgan fingerprint density at radius 1 is 1.00 bits per heavy atom. The van der Waals surface area contributed by atoms with E-state index in [2.05, 4.69) is 16.8 Å². The number of halogens is 1. The molecule has 0 bridgehead atoms. The molecule has 0 aliphatic heterocycles. The highest BCUT2D eigenvalue weighted by molar-refractivity contribution is 5.77. The van der Waals surface area contributed by atoms with Crippen molar-refractivity contribution in [1.29, 1.82) is 5.26 Å². The zero-order chi connectivity index (χ0) is 17.8. The molecule has 25 heavy (non-hydrogen) atoms. The molecule has 4 nitrogen and oxygen atoms in total. The van der Waals surface area contributed by atoms with Gasteiger partial charge in [-0.05, 0) is 42.0 Å². The van der Waals surface area contributed by atoms with Crippen molar-refractivity contribution >= 4 is 11.5 Å². The first kappa shape index (κ1) is 16.0. The van der Waals surface area contributed by atoms with Crippen molar-refractivity contribution in [3.63, 3.8) is 0 Å². The van der Waals surface area contributed by atoms with E-state index < -0.39 is 5.82 Å². The SMILES string of the molecule is N#Cc1cc(-c2ccnc(N)c2C#Cc2cccc(N)c2)ccc1F. The van der Waals surface area contributed by atoms with Crippen LogP contribution in [-0.4, -0.2) is 4.98 Å². The molecular weight excluding hydrogens is 315 g/mol. The lowest BCUT2D eigenvalue weighted by atomic mass is 9.99. The van der Waals surface area contributed by atoms with Crippen molar-refractivity contribution in [2.24, 2.45) is 0 Å². The molecular formula is C20H13FN4. The highest BCUT2D eigenvalue weighted by Gasteiger charge is 2.10. The lowest BCUT2D eigenvalue weighted by Crippen LogP contribution is -1.97. The minimum Gasteiger partial charge on any atom is -0.399 e. The zero-order valence-corrected chi connectivity index (χ0v) is 13.1. The zero-order valence-electron chi connectivity index (χ0n) is 13.1. The Balaban J connectivity index is 2.12. The number of pyridine rings is 1. The monoisotopic (exact) mass is 328 g/mol. The second-order valence-electron chi connectivity index (χ2n) is 5.30. The molecule has 0 spiro atoms. The normalized spacial score (nSPS) is 9.76. The lowest BCUT2D eigenvalue weighted by molar-refractivity contribution is 0.624. The number of hydrogen-bond acceptors (Lipinski definition) is 4. The van der Waals surface area contributed by atoms with Crippen molar-refractivity contribution in [3.8, 4) is 29.0 Å². The maximum Gasteiger partial charge on any atom is 0.140 e. The van der Waals surface area contributed by atoms with Gasteiger partial charge in [-0.2, -0.15) is 5.26 Å². The molecule has 0 fully saturated rings. The first-order valence-electron chi connectivity index (χ1n) is 7.40. The summed E-state index contributed by atoms with van der Waals surface area (Å²) in [5, 5.41) is 9.02. The van der Waals surface area contributed by atoms with Crippen molar-refractivity contribution in [2.75, 3.05) is 11.5 Å². The van der Waals surface area contributed by atoms with Gasteiger partial charge in [0.25, 0.3) is 0 Å². The smallest absolute Gasteiger partial charge is 0.140 e. The number of anilines is 2. The van der Waals surface area contributed by atoms with E-state index in [1.165, 1.54) is 12.1 Å². The molecule has 0 atom stereocenters. The summed E-state index contributed by atoms with van der Waals surface area (Å²) in [4.78, 5) is 4.07. The van der Waals surface area contributed by atoms with Crippen LogP contribution in [0.3, 0.4) is 0 Å². The molecule has 0 aliphatic carbocycles. The molecule has 3 aromatic rings. The number of benzene rings is 2. The first-order valence-corrected chi connectivity index (χ1v) is 7.40. The van der Waals surface area contributed by atoms with Crippen LogP contribution in [0.2, 0.25) is 0 Å². The molecule has 4 N–H and O–H groups in total. The number of nitriles is 1. The van der Waals surface area contributed by atoms with E-state index in [9.17, 15) is 4.39 Å². The fraction of sp³-hybridized carbons (Fsp3) is 0. The van der Waals surface area contributed by atoms with Crippen molar-refractivity contribution in [2.45, 2.75) is 0 Å². The third-order valence-corrected chi connectivity index (χ3v) is 3.60. The lowest BCUT2D eigenvalue weighted by Gasteiger charge is -2.07. The maximum absolute atomic E-state index is 13.6. The van der Waals surface area contributed by atoms with Gasteiger partial charge in [0.15, 0.2) is 0 Å². The highest BCUT2D eigenvalue weighted by atomic mass is 19.1. The Morgan fingerprint density at radius 2 is 1.84 bits per heavy atom. The summed E-state index contributed by atoms with van der Waals surface area (Å²) in [6.07, 6.45) is 1.55. The summed E-state index contributed by atoms with van der Waals surface area (Å²) in [5.74, 6) is 5.70. The van der Waals surface area contributed by atoms with E-state index in [-0.39, 0.29) is 11.4 Å². The van der Waals surface area contributed by atoms with Crippen molar-refractivity contribution in [3.05, 3.63) is 77.2 Å². The summed E-state index contributed by atoms with van der Waals surface area (Å²) in [5.41, 5.74) is 14.9. The molecule has 0 aliphatic rings. The van der Waals surface area contributed by atoms with Gasteiger partial charge in [0, 0.05) is 23.0 Å². The molecule has 5 heteroatoms. The second kappa shape index (κ2) is 6.74. The Bertz CT molecular complexity index is 1060. The van der Waals surface area contributed by atoms with E-state index in [1.807, 2.05) is 18.2 Å². The average molecular weight is 328 g/mol. The second-order valence-corrected chi connectivity index (χ2v) is 5.30. The van der Waals surface area contributed by atoms with Crippen LogP contribution in [0.25, 0.3) is 11.1 Å². The van der Waals surface area contributed by atoms with E-state index in [4.69, 9.17) is 16.7 Å². The van der Waals surface area contributed by atoms with E-state index in [0.717, 1.165) is 5.56 Å². The fourth-order valence-electron chi connectivity index (χ4n) is 2.38. The number of aromatic nitrogens is 1. The topological polar surface area (TPSA) is 88.7 Å². The molecule has 0 saturated heterocycles. The molecule has 120 valence electrons. The van der Waals surface area contributed by atoms with Crippen LogP contribution in [-0.2, 0) is 0 Å². The molecule has 0 unspecified atom stereocenters. The third-order valence-electron chi connectivity index (χ3n) is 3.60. The Labute approximate surface area is 144 Å². The van der Waals surface area contributed by atoms with E-state index in [0.29, 0.717) is 22.4 Å². The Hall–Kier alpha value is -3.83. The molecule has 1 aromatic heterocycles. The largest absolute Gasteiger partial charge is 0.399 e. The number of nitrogens with zero attached hydrogens (tertiary/aromatic N) is 2. The number of rotatable bonds is 1. The van der Waals surface area contributed by atoms with Gasteiger partial charge >= 0.3 is 0 Å². The van der Waals surface area contributed by atoms with Crippen LogP contribution in [0.1, 0.15) is 16.7 Å². The van der Waals surface area contributed by atoms with Gasteiger partial charge in [-0.1, -0.05) is 24.0 Å². The summed E-state index contributed by atoms with van der Waals surface area (Å²) in [6.45, 7) is 0. The van der Waals surface area contributed by atoms with Crippen molar-refractivity contribution < 1.29 is 4.39 Å². The van der Waals surface area contributed by atoms with Crippen LogP contribution in [0, 0.1) is 29.0 Å². The van der Waals surface area contributed by atoms with Crippen LogP contribution in [0.4, 0.5) is 15.9 Å². The average Bonchev–Trinajstić information content (AvgIpc) is 2.61. The van der Waals surface area contributed by atoms with E-state index in [1.54, 1.807) is 30.5 Å². The van der Waals surface area contributed by atoms with Gasteiger partial charge in [0.1, 0.15) is 17.7 Å². The minimum absolute atomic E-state index is 0.0392. The number of nitrogens with two attached hydrogens (primary N) is 2. The predicted molar refractivity (Wildman–Crippen MR) is 95.6 cm³/mol. The fourth-order valence-corrected chi connectivity index (χ4v) is 2.38. The summed E-state index contributed by atoms with van der Waals surface area (Å²) < 4.78 is 13.6. The standard InChI is InChI=1S/C20H13FN4/c21-19-7-5-14(11-15(19)12-22)17-8-9-25-20(24)18(17)6-4-13-2-1-3-16(23)10-13/h1-3,5,7-11H,23H2,(H2,24,25). The molecule has 2 aromatic carbocycles. The minimum atomic E-state index is -0.569. The highest BCUT2D eigenvalue weighted by Crippen LogP contribution is 2.27. The summed E-state index contributed by atoms with van der Waals surface area (Å²) in [7, 11) is 0. The first-order chi connectivity index (χ1) is 12.1. The van der Waals surface area contributed by atoms with Crippen LogP contribution in [0.5, 0.6) is 0 Å². The van der Waals surface area contributed by atoms with Gasteiger partial charge in [-0.3, -0.25) is 0 Å². The molecule has 3 rings (SSSR count). The Morgan fingerprint density at radius 3 is 2.60 bits per heavy atom. The number of nitrogen functional groups attached to an aromatic ring is 2. The summed E-state index contributed by atoms with van der Waals surface area (Å²) in [6, 6.07) is 15.0. The summed E-state index contributed by atoms with van der Waals surface area (Å²) >= 11 is 0. The molecule has 0 amide bonds. The number of hydrogen-bond donors (Lipinski definition) is 2. The van der Waals surface area contributed by atoms with Gasteiger partial charge in [0.2, 0.25) is 0 Å².